The summed E-state index contributed by atoms with van der Waals surface area (Å²) in [6.07, 6.45) is 1.76. The Morgan fingerprint density at radius 1 is 0.958 bits per heavy atom. The van der Waals surface area contributed by atoms with Gasteiger partial charge in [0.05, 0.1) is 6.21 Å². The Kier molecular flexibility index (Phi) is 6.25. The largest absolute Gasteiger partial charge is 0.326 e. The molecule has 5 heteroatoms. The van der Waals surface area contributed by atoms with E-state index in [4.69, 9.17) is 0 Å². The lowest BCUT2D eigenvalue weighted by Gasteiger charge is -2.07. The molecule has 0 aliphatic heterocycles. The first-order valence-electron chi connectivity index (χ1n) is 7.78. The molecular weight excluding hydrogens is 302 g/mol. The third-order valence-corrected chi connectivity index (χ3v) is 3.57. The molecule has 0 fully saturated rings. The van der Waals surface area contributed by atoms with Crippen molar-refractivity contribution in [3.63, 3.8) is 0 Å². The van der Waals surface area contributed by atoms with Crippen LogP contribution in [0.2, 0.25) is 0 Å². The summed E-state index contributed by atoms with van der Waals surface area (Å²) in [6.45, 7) is 4.00. The van der Waals surface area contributed by atoms with Crippen LogP contribution in [0.5, 0.6) is 0 Å². The van der Waals surface area contributed by atoms with Crippen LogP contribution in [0, 0.1) is 13.8 Å². The van der Waals surface area contributed by atoms with Crippen LogP contribution in [0.25, 0.3) is 0 Å². The summed E-state index contributed by atoms with van der Waals surface area (Å²) < 4.78 is 0. The molecule has 0 bridgehead atoms. The Bertz CT molecular complexity index is 740. The van der Waals surface area contributed by atoms with Crippen LogP contribution < -0.4 is 10.7 Å². The van der Waals surface area contributed by atoms with Crippen molar-refractivity contribution in [3.05, 3.63) is 65.2 Å². The average molecular weight is 323 g/mol. The van der Waals surface area contributed by atoms with Gasteiger partial charge in [0.1, 0.15) is 0 Å². The van der Waals surface area contributed by atoms with Gasteiger partial charge >= 0.3 is 0 Å². The number of carbonyl (C=O) groups is 2. The quantitative estimate of drug-likeness (QED) is 0.633. The molecule has 2 amide bonds. The number of amides is 2. The van der Waals surface area contributed by atoms with Crippen LogP contribution in [0.3, 0.4) is 0 Å². The van der Waals surface area contributed by atoms with Gasteiger partial charge in [0.2, 0.25) is 11.8 Å². The fourth-order valence-corrected chi connectivity index (χ4v) is 2.04. The first-order chi connectivity index (χ1) is 11.5. The third-order valence-electron chi connectivity index (χ3n) is 3.57. The van der Waals surface area contributed by atoms with Crippen LogP contribution in [0.1, 0.15) is 29.5 Å². The molecule has 0 aliphatic carbocycles. The molecule has 0 saturated heterocycles. The number of anilines is 1. The molecule has 0 saturated carbocycles. The van der Waals surface area contributed by atoms with Gasteiger partial charge in [0, 0.05) is 18.5 Å². The molecule has 0 spiro atoms. The fourth-order valence-electron chi connectivity index (χ4n) is 2.04. The summed E-state index contributed by atoms with van der Waals surface area (Å²) in [5, 5.41) is 6.66. The van der Waals surface area contributed by atoms with Crippen molar-refractivity contribution < 1.29 is 9.59 Å². The Hall–Kier alpha value is -2.95. The van der Waals surface area contributed by atoms with E-state index >= 15 is 0 Å². The van der Waals surface area contributed by atoms with E-state index in [1.165, 1.54) is 5.56 Å². The molecule has 2 N–H and O–H groups in total. The van der Waals surface area contributed by atoms with E-state index in [9.17, 15) is 9.59 Å². The van der Waals surface area contributed by atoms with Crippen LogP contribution in [-0.2, 0) is 9.59 Å². The van der Waals surface area contributed by atoms with Gasteiger partial charge in [-0.3, -0.25) is 9.59 Å². The van der Waals surface area contributed by atoms with Crippen molar-refractivity contribution in [1.29, 1.82) is 0 Å². The minimum Gasteiger partial charge on any atom is -0.326 e. The van der Waals surface area contributed by atoms with E-state index in [1.807, 2.05) is 62.4 Å². The molecule has 2 rings (SSSR count). The third kappa shape index (κ3) is 5.68. The SMILES string of the molecule is Cc1ccc(NC(=O)CCC(=O)N/N=C\c2ccccc2)cc1C. The zero-order chi connectivity index (χ0) is 17.4. The standard InChI is InChI=1S/C19H21N3O2/c1-14-8-9-17(12-15(14)2)21-18(23)10-11-19(24)22-20-13-16-6-4-3-5-7-16/h3-9,12-13H,10-11H2,1-2H3,(H,21,23)(H,22,24)/b20-13-. The number of rotatable bonds is 6. The van der Waals surface area contributed by atoms with E-state index in [2.05, 4.69) is 15.8 Å². The van der Waals surface area contributed by atoms with Crippen LogP contribution in [0.15, 0.2) is 53.6 Å². The van der Waals surface area contributed by atoms with Crippen molar-refractivity contribution in [3.8, 4) is 0 Å². The average Bonchev–Trinajstić information content (AvgIpc) is 2.57. The molecule has 0 aromatic heterocycles. The van der Waals surface area contributed by atoms with E-state index < -0.39 is 0 Å². The molecule has 0 unspecified atom stereocenters. The number of nitrogens with zero attached hydrogens (tertiary/aromatic N) is 1. The summed E-state index contributed by atoms with van der Waals surface area (Å²) in [7, 11) is 0. The molecule has 0 radical (unpaired) electrons. The maximum absolute atomic E-state index is 11.9. The fraction of sp³-hybridized carbons (Fsp3) is 0.211. The van der Waals surface area contributed by atoms with E-state index in [1.54, 1.807) is 6.21 Å². The Morgan fingerprint density at radius 3 is 2.38 bits per heavy atom. The topological polar surface area (TPSA) is 70.6 Å². The molecule has 2 aromatic carbocycles. The second kappa shape index (κ2) is 8.62. The maximum Gasteiger partial charge on any atom is 0.240 e. The number of aryl methyl sites for hydroxylation is 2. The van der Waals surface area contributed by atoms with Gasteiger partial charge in [-0.1, -0.05) is 36.4 Å². The Balaban J connectivity index is 1.73. The number of hydrogen-bond acceptors (Lipinski definition) is 3. The molecule has 0 heterocycles. The normalized spacial score (nSPS) is 10.6. The zero-order valence-corrected chi connectivity index (χ0v) is 13.9. The lowest BCUT2D eigenvalue weighted by atomic mass is 10.1. The number of carbonyl (C=O) groups excluding carboxylic acids is 2. The molecule has 124 valence electrons. The summed E-state index contributed by atoms with van der Waals surface area (Å²) in [5.41, 5.74) is 6.33. The second-order valence-electron chi connectivity index (χ2n) is 5.55. The first kappa shape index (κ1) is 17.4. The highest BCUT2D eigenvalue weighted by Gasteiger charge is 2.07. The molecule has 0 aliphatic rings. The van der Waals surface area contributed by atoms with Gasteiger partial charge in [0.15, 0.2) is 0 Å². The molecule has 24 heavy (non-hydrogen) atoms. The molecular formula is C19H21N3O2. The van der Waals surface area contributed by atoms with Crippen LogP contribution in [-0.4, -0.2) is 18.0 Å². The van der Waals surface area contributed by atoms with Crippen molar-refractivity contribution in [2.45, 2.75) is 26.7 Å². The van der Waals surface area contributed by atoms with E-state index in [-0.39, 0.29) is 24.7 Å². The summed E-state index contributed by atoms with van der Waals surface area (Å²) in [4.78, 5) is 23.6. The summed E-state index contributed by atoms with van der Waals surface area (Å²) >= 11 is 0. The predicted octanol–water partition coefficient (Wildman–Crippen LogP) is 3.17. The first-order valence-corrected chi connectivity index (χ1v) is 7.78. The van der Waals surface area contributed by atoms with Gasteiger partial charge in [-0.2, -0.15) is 5.10 Å². The van der Waals surface area contributed by atoms with Gasteiger partial charge < -0.3 is 5.32 Å². The van der Waals surface area contributed by atoms with Crippen molar-refractivity contribution >= 4 is 23.7 Å². The monoisotopic (exact) mass is 323 g/mol. The molecule has 5 nitrogen and oxygen atoms in total. The van der Waals surface area contributed by atoms with E-state index in [0.717, 1.165) is 16.8 Å². The van der Waals surface area contributed by atoms with Crippen LogP contribution >= 0.6 is 0 Å². The lowest BCUT2D eigenvalue weighted by molar-refractivity contribution is -0.124. The van der Waals surface area contributed by atoms with Gasteiger partial charge in [-0.15, -0.1) is 0 Å². The highest BCUT2D eigenvalue weighted by atomic mass is 16.2. The van der Waals surface area contributed by atoms with Gasteiger partial charge in [-0.25, -0.2) is 5.43 Å². The van der Waals surface area contributed by atoms with Crippen LogP contribution in [0.4, 0.5) is 5.69 Å². The van der Waals surface area contributed by atoms with E-state index in [0.29, 0.717) is 0 Å². The van der Waals surface area contributed by atoms with Gasteiger partial charge in [-0.05, 0) is 42.7 Å². The number of hydrogen-bond donors (Lipinski definition) is 2. The highest BCUT2D eigenvalue weighted by Crippen LogP contribution is 2.14. The summed E-state index contributed by atoms with van der Waals surface area (Å²) in [6, 6.07) is 15.2. The number of benzene rings is 2. The maximum atomic E-state index is 11.9. The van der Waals surface area contributed by atoms with Crippen molar-refractivity contribution in [2.75, 3.05) is 5.32 Å². The minimum atomic E-state index is -0.294. The molecule has 2 aromatic rings. The smallest absolute Gasteiger partial charge is 0.240 e. The second-order valence-corrected chi connectivity index (χ2v) is 5.55. The highest BCUT2D eigenvalue weighted by molar-refractivity contribution is 5.93. The van der Waals surface area contributed by atoms with Crippen molar-refractivity contribution in [2.24, 2.45) is 5.10 Å². The molecule has 0 atom stereocenters. The zero-order valence-electron chi connectivity index (χ0n) is 13.9. The number of nitrogens with one attached hydrogen (secondary N) is 2. The minimum absolute atomic E-state index is 0.0861. The lowest BCUT2D eigenvalue weighted by Crippen LogP contribution is -2.20. The summed E-state index contributed by atoms with van der Waals surface area (Å²) in [5.74, 6) is -0.488. The van der Waals surface area contributed by atoms with Gasteiger partial charge in [0.25, 0.3) is 0 Å². The van der Waals surface area contributed by atoms with Crippen molar-refractivity contribution in [1.82, 2.24) is 5.43 Å². The predicted molar refractivity (Wildman–Crippen MR) is 96.0 cm³/mol. The Morgan fingerprint density at radius 2 is 1.67 bits per heavy atom. The Labute approximate surface area is 141 Å². The number of hydrazone groups is 1.